The highest BCUT2D eigenvalue weighted by molar-refractivity contribution is 5.89. The summed E-state index contributed by atoms with van der Waals surface area (Å²) >= 11 is 0. The lowest BCUT2D eigenvalue weighted by atomic mass is 9.84. The maximum atomic E-state index is 11.8. The molecule has 2 N–H and O–H groups in total. The summed E-state index contributed by atoms with van der Waals surface area (Å²) in [6.07, 6.45) is 9.28. The summed E-state index contributed by atoms with van der Waals surface area (Å²) in [5.41, 5.74) is 2.00. The van der Waals surface area contributed by atoms with Crippen molar-refractivity contribution in [3.8, 4) is 0 Å². The zero-order valence-electron chi connectivity index (χ0n) is 11.4. The van der Waals surface area contributed by atoms with E-state index in [1.807, 2.05) is 43.3 Å². The van der Waals surface area contributed by atoms with Gasteiger partial charge in [0, 0.05) is 17.6 Å². The quantitative estimate of drug-likeness (QED) is 0.851. The van der Waals surface area contributed by atoms with Crippen molar-refractivity contribution < 1.29 is 4.79 Å². The molecule has 3 heteroatoms. The number of amides is 2. The van der Waals surface area contributed by atoms with Crippen LogP contribution in [-0.4, -0.2) is 12.6 Å². The van der Waals surface area contributed by atoms with E-state index in [4.69, 9.17) is 0 Å². The summed E-state index contributed by atoms with van der Waals surface area (Å²) in [6, 6.07) is 7.60. The third kappa shape index (κ3) is 3.98. The first kappa shape index (κ1) is 13.4. The Labute approximate surface area is 114 Å². The van der Waals surface area contributed by atoms with Crippen molar-refractivity contribution in [2.24, 2.45) is 5.41 Å². The zero-order valence-corrected chi connectivity index (χ0v) is 11.4. The van der Waals surface area contributed by atoms with E-state index >= 15 is 0 Å². The molecule has 0 saturated heterocycles. The first-order valence-corrected chi connectivity index (χ1v) is 6.53. The van der Waals surface area contributed by atoms with Crippen molar-refractivity contribution in [3.63, 3.8) is 0 Å². The molecule has 3 nitrogen and oxygen atoms in total. The Morgan fingerprint density at radius 1 is 1.26 bits per heavy atom. The fourth-order valence-electron chi connectivity index (χ4n) is 2.00. The minimum atomic E-state index is -0.159. The van der Waals surface area contributed by atoms with Gasteiger partial charge in [-0.3, -0.25) is 0 Å². The van der Waals surface area contributed by atoms with Crippen molar-refractivity contribution in [2.75, 3.05) is 11.9 Å². The van der Waals surface area contributed by atoms with E-state index < -0.39 is 0 Å². The lowest BCUT2D eigenvalue weighted by Crippen LogP contribution is -2.37. The smallest absolute Gasteiger partial charge is 0.319 e. The fourth-order valence-corrected chi connectivity index (χ4v) is 2.00. The first-order valence-electron chi connectivity index (χ1n) is 6.53. The number of carbonyl (C=O) groups is 1. The van der Waals surface area contributed by atoms with Gasteiger partial charge in [0.2, 0.25) is 0 Å². The van der Waals surface area contributed by atoms with E-state index in [1.54, 1.807) is 0 Å². The predicted octanol–water partition coefficient (Wildman–Crippen LogP) is 3.64. The van der Waals surface area contributed by atoms with Crippen LogP contribution in [0, 0.1) is 12.3 Å². The highest BCUT2D eigenvalue weighted by Crippen LogP contribution is 2.25. The molecule has 1 aliphatic carbocycles. The molecule has 0 aromatic heterocycles. The second-order valence-corrected chi connectivity index (χ2v) is 5.32. The van der Waals surface area contributed by atoms with Crippen molar-refractivity contribution in [2.45, 2.75) is 20.3 Å². The number of carbonyl (C=O) groups excluding carboxylic acids is 1. The Balaban J connectivity index is 1.83. The number of anilines is 1. The molecule has 19 heavy (non-hydrogen) atoms. The van der Waals surface area contributed by atoms with Gasteiger partial charge in [0.05, 0.1) is 0 Å². The average Bonchev–Trinajstić information content (AvgIpc) is 2.40. The molecule has 100 valence electrons. The molecular weight excluding hydrogens is 236 g/mol. The van der Waals surface area contributed by atoms with E-state index in [-0.39, 0.29) is 11.4 Å². The molecule has 1 atom stereocenters. The maximum Gasteiger partial charge on any atom is 0.319 e. The maximum absolute atomic E-state index is 11.8. The number of allylic oxidation sites excluding steroid dienone is 3. The SMILES string of the molecule is Cc1ccc(NC(=O)NC[C@@]2(C)C=CC=CC2)cc1. The molecule has 2 amide bonds. The van der Waals surface area contributed by atoms with Gasteiger partial charge in [-0.25, -0.2) is 4.79 Å². The Morgan fingerprint density at radius 2 is 2.00 bits per heavy atom. The molecule has 0 fully saturated rings. The van der Waals surface area contributed by atoms with E-state index in [2.05, 4.69) is 29.7 Å². The number of benzene rings is 1. The van der Waals surface area contributed by atoms with Crippen LogP contribution in [0.1, 0.15) is 18.9 Å². The van der Waals surface area contributed by atoms with Gasteiger partial charge in [-0.1, -0.05) is 48.9 Å². The van der Waals surface area contributed by atoms with Gasteiger partial charge >= 0.3 is 6.03 Å². The number of rotatable bonds is 3. The van der Waals surface area contributed by atoms with Crippen LogP contribution < -0.4 is 10.6 Å². The molecule has 1 aromatic rings. The van der Waals surface area contributed by atoms with E-state index in [1.165, 1.54) is 5.56 Å². The summed E-state index contributed by atoms with van der Waals surface area (Å²) in [5.74, 6) is 0. The summed E-state index contributed by atoms with van der Waals surface area (Å²) in [5, 5.41) is 5.75. The average molecular weight is 256 g/mol. The van der Waals surface area contributed by atoms with Crippen LogP contribution >= 0.6 is 0 Å². The fraction of sp³-hybridized carbons (Fsp3) is 0.312. The molecule has 0 spiro atoms. The van der Waals surface area contributed by atoms with Gasteiger partial charge in [-0.15, -0.1) is 0 Å². The second kappa shape index (κ2) is 5.74. The highest BCUT2D eigenvalue weighted by Gasteiger charge is 2.21. The molecule has 0 heterocycles. The number of urea groups is 1. The van der Waals surface area contributed by atoms with Crippen molar-refractivity contribution in [3.05, 3.63) is 54.1 Å². The highest BCUT2D eigenvalue weighted by atomic mass is 16.2. The topological polar surface area (TPSA) is 41.1 Å². The Kier molecular flexibility index (Phi) is 4.05. The first-order chi connectivity index (χ1) is 9.07. The number of hydrogen-bond acceptors (Lipinski definition) is 1. The van der Waals surface area contributed by atoms with E-state index in [0.717, 1.165) is 12.1 Å². The predicted molar refractivity (Wildman–Crippen MR) is 79.2 cm³/mol. The second-order valence-electron chi connectivity index (χ2n) is 5.32. The van der Waals surface area contributed by atoms with Crippen molar-refractivity contribution in [1.82, 2.24) is 5.32 Å². The Morgan fingerprint density at radius 3 is 2.63 bits per heavy atom. The normalized spacial score (nSPS) is 21.2. The standard InChI is InChI=1S/C16H20N2O/c1-13-6-8-14(9-7-13)18-15(19)17-12-16(2)10-4-3-5-11-16/h3-10H,11-12H2,1-2H3,(H2,17,18,19)/t16-/m0/s1. The van der Waals surface area contributed by atoms with Crippen LogP contribution in [0.5, 0.6) is 0 Å². The molecule has 2 rings (SSSR count). The van der Waals surface area contributed by atoms with Crippen LogP contribution in [0.4, 0.5) is 10.5 Å². The monoisotopic (exact) mass is 256 g/mol. The van der Waals surface area contributed by atoms with Gasteiger partial charge in [-0.2, -0.15) is 0 Å². The summed E-state index contributed by atoms with van der Waals surface area (Å²) in [4.78, 5) is 11.8. The van der Waals surface area contributed by atoms with Crippen LogP contribution in [0.25, 0.3) is 0 Å². The molecule has 0 bridgehead atoms. The lowest BCUT2D eigenvalue weighted by molar-refractivity contribution is 0.247. The molecule has 0 aliphatic heterocycles. The molecule has 0 saturated carbocycles. The summed E-state index contributed by atoms with van der Waals surface area (Å²) in [7, 11) is 0. The van der Waals surface area contributed by atoms with Gasteiger partial charge in [0.15, 0.2) is 0 Å². The van der Waals surface area contributed by atoms with Gasteiger partial charge in [0.1, 0.15) is 0 Å². The summed E-state index contributed by atoms with van der Waals surface area (Å²) in [6.45, 7) is 4.79. The molecule has 1 aliphatic rings. The number of aryl methyl sites for hydroxylation is 1. The van der Waals surface area contributed by atoms with Crippen LogP contribution in [0.15, 0.2) is 48.6 Å². The summed E-state index contributed by atoms with van der Waals surface area (Å²) < 4.78 is 0. The molecular formula is C16H20N2O. The van der Waals surface area contributed by atoms with Crippen LogP contribution in [0.2, 0.25) is 0 Å². The van der Waals surface area contributed by atoms with Crippen LogP contribution in [0.3, 0.4) is 0 Å². The van der Waals surface area contributed by atoms with E-state index in [9.17, 15) is 4.79 Å². The third-order valence-corrected chi connectivity index (χ3v) is 3.29. The van der Waals surface area contributed by atoms with Crippen molar-refractivity contribution >= 4 is 11.7 Å². The largest absolute Gasteiger partial charge is 0.337 e. The van der Waals surface area contributed by atoms with Crippen molar-refractivity contribution in [1.29, 1.82) is 0 Å². The lowest BCUT2D eigenvalue weighted by Gasteiger charge is -2.26. The van der Waals surface area contributed by atoms with Crippen LogP contribution in [-0.2, 0) is 0 Å². The minimum Gasteiger partial charge on any atom is -0.337 e. The number of nitrogens with one attached hydrogen (secondary N) is 2. The zero-order chi connectivity index (χ0) is 13.7. The molecule has 0 radical (unpaired) electrons. The number of hydrogen-bond donors (Lipinski definition) is 2. The minimum absolute atomic E-state index is 0.0133. The molecule has 1 aromatic carbocycles. The van der Waals surface area contributed by atoms with Gasteiger partial charge in [0.25, 0.3) is 0 Å². The van der Waals surface area contributed by atoms with Gasteiger partial charge < -0.3 is 10.6 Å². The van der Waals surface area contributed by atoms with Gasteiger partial charge in [-0.05, 0) is 25.5 Å². The Hall–Kier alpha value is -2.03. The van der Waals surface area contributed by atoms with E-state index in [0.29, 0.717) is 6.54 Å². The third-order valence-electron chi connectivity index (χ3n) is 3.29. The Bertz CT molecular complexity index is 502. The molecule has 0 unspecified atom stereocenters.